The van der Waals surface area contributed by atoms with E-state index in [-0.39, 0.29) is 0 Å². The monoisotopic (exact) mass is 311 g/mol. The van der Waals surface area contributed by atoms with E-state index in [1.807, 2.05) is 12.1 Å². The Kier molecular flexibility index (Phi) is 7.06. The third-order valence-corrected chi connectivity index (χ3v) is 3.61. The molecule has 4 nitrogen and oxygen atoms in total. The summed E-state index contributed by atoms with van der Waals surface area (Å²) in [7, 11) is 0. The lowest BCUT2D eigenvalue weighted by molar-refractivity contribution is 0.370. The molecule has 0 amide bonds. The molecule has 0 radical (unpaired) electrons. The van der Waals surface area contributed by atoms with Gasteiger partial charge in [0.25, 0.3) is 0 Å². The van der Waals surface area contributed by atoms with Gasteiger partial charge in [-0.1, -0.05) is 30.2 Å². The van der Waals surface area contributed by atoms with E-state index in [0.29, 0.717) is 12.6 Å². The molecular weight excluding hydrogens is 286 g/mol. The second-order valence-corrected chi connectivity index (χ2v) is 5.43. The highest BCUT2D eigenvalue weighted by Crippen LogP contribution is 2.12. The molecule has 0 aliphatic heterocycles. The molecule has 0 fully saturated rings. The molecule has 122 valence electrons. The molecular formula is C19H25N3O. The topological polar surface area (TPSA) is 45.6 Å². The summed E-state index contributed by atoms with van der Waals surface area (Å²) in [5.41, 5.74) is 1.24. The quantitative estimate of drug-likeness (QED) is 0.352. The van der Waals surface area contributed by atoms with Gasteiger partial charge in [0.05, 0.1) is 0 Å². The molecule has 1 aliphatic rings. The maximum atomic E-state index is 5.37. The number of guanidine groups is 1. The Morgan fingerprint density at radius 1 is 1.30 bits per heavy atom. The van der Waals surface area contributed by atoms with Crippen LogP contribution in [0.5, 0.6) is 5.75 Å². The van der Waals surface area contributed by atoms with E-state index in [1.165, 1.54) is 5.56 Å². The van der Waals surface area contributed by atoms with Gasteiger partial charge in [-0.3, -0.25) is 4.99 Å². The van der Waals surface area contributed by atoms with Crippen LogP contribution in [0.2, 0.25) is 0 Å². The number of benzene rings is 1. The Morgan fingerprint density at radius 3 is 2.70 bits per heavy atom. The second-order valence-electron chi connectivity index (χ2n) is 5.43. The summed E-state index contributed by atoms with van der Waals surface area (Å²) in [6.07, 6.45) is 12.6. The molecule has 0 aromatic heterocycles. The predicted octanol–water partition coefficient (Wildman–Crippen LogP) is 2.51. The summed E-state index contributed by atoms with van der Waals surface area (Å²) in [5.74, 6) is 4.16. The second kappa shape index (κ2) is 9.58. The van der Waals surface area contributed by atoms with Gasteiger partial charge >= 0.3 is 0 Å². The molecule has 0 unspecified atom stereocenters. The molecule has 1 aromatic carbocycles. The third kappa shape index (κ3) is 6.07. The van der Waals surface area contributed by atoms with Crippen molar-refractivity contribution in [3.8, 4) is 18.1 Å². The van der Waals surface area contributed by atoms with Gasteiger partial charge in [-0.15, -0.1) is 6.42 Å². The molecule has 0 heterocycles. The van der Waals surface area contributed by atoms with Gasteiger partial charge in [-0.2, -0.15) is 0 Å². The SMILES string of the molecule is C#CCOc1ccc(CCN=C(NCC)NC2CC=CC2)cc1. The third-order valence-electron chi connectivity index (χ3n) is 3.61. The van der Waals surface area contributed by atoms with E-state index < -0.39 is 0 Å². The Balaban J connectivity index is 1.81. The lowest BCUT2D eigenvalue weighted by Crippen LogP contribution is -2.42. The molecule has 0 spiro atoms. The Bertz CT molecular complexity index is 561. The van der Waals surface area contributed by atoms with Crippen LogP contribution in [0.4, 0.5) is 0 Å². The first-order valence-electron chi connectivity index (χ1n) is 8.17. The van der Waals surface area contributed by atoms with Gasteiger partial charge in [0, 0.05) is 19.1 Å². The average Bonchev–Trinajstić information content (AvgIpc) is 3.07. The van der Waals surface area contributed by atoms with Crippen molar-refractivity contribution in [1.29, 1.82) is 0 Å². The van der Waals surface area contributed by atoms with Crippen LogP contribution in [0.3, 0.4) is 0 Å². The summed E-state index contributed by atoms with van der Waals surface area (Å²) in [5, 5.41) is 6.77. The van der Waals surface area contributed by atoms with Crippen LogP contribution in [0.15, 0.2) is 41.4 Å². The van der Waals surface area contributed by atoms with Crippen molar-refractivity contribution in [1.82, 2.24) is 10.6 Å². The zero-order valence-electron chi connectivity index (χ0n) is 13.7. The summed E-state index contributed by atoms with van der Waals surface area (Å²) in [6, 6.07) is 8.49. The minimum atomic E-state index is 0.303. The lowest BCUT2D eigenvalue weighted by Gasteiger charge is -2.16. The van der Waals surface area contributed by atoms with Gasteiger partial charge in [0.2, 0.25) is 0 Å². The molecule has 2 N–H and O–H groups in total. The number of aliphatic imine (C=N–C) groups is 1. The highest BCUT2D eigenvalue weighted by molar-refractivity contribution is 5.80. The van der Waals surface area contributed by atoms with Crippen LogP contribution in [-0.2, 0) is 6.42 Å². The maximum Gasteiger partial charge on any atom is 0.191 e. The first-order valence-corrected chi connectivity index (χ1v) is 8.17. The van der Waals surface area contributed by atoms with Crippen molar-refractivity contribution >= 4 is 5.96 Å². The van der Waals surface area contributed by atoms with E-state index in [2.05, 4.69) is 52.8 Å². The van der Waals surface area contributed by atoms with Gasteiger partial charge in [0.15, 0.2) is 5.96 Å². The van der Waals surface area contributed by atoms with E-state index in [1.54, 1.807) is 0 Å². The fourth-order valence-electron chi connectivity index (χ4n) is 2.42. The van der Waals surface area contributed by atoms with Gasteiger partial charge < -0.3 is 15.4 Å². The minimum Gasteiger partial charge on any atom is -0.481 e. The first-order chi connectivity index (χ1) is 11.3. The summed E-state index contributed by atoms with van der Waals surface area (Å²) in [6.45, 7) is 4.00. The maximum absolute atomic E-state index is 5.37. The average molecular weight is 311 g/mol. The molecule has 2 rings (SSSR count). The lowest BCUT2D eigenvalue weighted by atomic mass is 10.1. The molecule has 1 aromatic rings. The van der Waals surface area contributed by atoms with Crippen molar-refractivity contribution in [2.24, 2.45) is 4.99 Å². The summed E-state index contributed by atoms with van der Waals surface area (Å²) < 4.78 is 5.37. The van der Waals surface area contributed by atoms with Crippen molar-refractivity contribution in [2.75, 3.05) is 19.7 Å². The number of nitrogens with zero attached hydrogens (tertiary/aromatic N) is 1. The normalized spacial score (nSPS) is 14.5. The molecule has 0 bridgehead atoms. The first kappa shape index (κ1) is 17.0. The van der Waals surface area contributed by atoms with Crippen LogP contribution in [0.1, 0.15) is 25.3 Å². The number of terminal acetylenes is 1. The van der Waals surface area contributed by atoms with Gasteiger partial charge in [0.1, 0.15) is 12.4 Å². The summed E-state index contributed by atoms with van der Waals surface area (Å²) in [4.78, 5) is 4.65. The molecule has 0 saturated heterocycles. The Labute approximate surface area is 139 Å². The minimum absolute atomic E-state index is 0.303. The van der Waals surface area contributed by atoms with E-state index in [9.17, 15) is 0 Å². The molecule has 1 aliphatic carbocycles. The van der Waals surface area contributed by atoms with Crippen LogP contribution in [0, 0.1) is 12.3 Å². The van der Waals surface area contributed by atoms with Crippen molar-refractivity contribution in [3.63, 3.8) is 0 Å². The van der Waals surface area contributed by atoms with E-state index >= 15 is 0 Å². The molecule has 0 atom stereocenters. The number of nitrogens with one attached hydrogen (secondary N) is 2. The van der Waals surface area contributed by atoms with Crippen LogP contribution < -0.4 is 15.4 Å². The van der Waals surface area contributed by atoms with Crippen LogP contribution in [0.25, 0.3) is 0 Å². The van der Waals surface area contributed by atoms with E-state index in [0.717, 1.165) is 44.1 Å². The number of hydrogen-bond acceptors (Lipinski definition) is 2. The van der Waals surface area contributed by atoms with Crippen LogP contribution in [-0.4, -0.2) is 31.7 Å². The fraction of sp³-hybridized carbons (Fsp3) is 0.421. The molecule has 0 saturated carbocycles. The number of hydrogen-bond donors (Lipinski definition) is 2. The molecule has 4 heteroatoms. The van der Waals surface area contributed by atoms with Crippen molar-refractivity contribution in [3.05, 3.63) is 42.0 Å². The summed E-state index contributed by atoms with van der Waals surface area (Å²) >= 11 is 0. The molecule has 23 heavy (non-hydrogen) atoms. The smallest absolute Gasteiger partial charge is 0.191 e. The zero-order chi connectivity index (χ0) is 16.3. The van der Waals surface area contributed by atoms with Gasteiger partial charge in [-0.25, -0.2) is 0 Å². The highest BCUT2D eigenvalue weighted by atomic mass is 16.5. The Hall–Kier alpha value is -2.41. The zero-order valence-corrected chi connectivity index (χ0v) is 13.7. The standard InChI is InChI=1S/C19H25N3O/c1-3-15-23-18-11-9-16(10-12-18)13-14-21-19(20-4-2)22-17-7-5-6-8-17/h1,5-6,9-12,17H,4,7-8,13-15H2,2H3,(H2,20,21,22). The highest BCUT2D eigenvalue weighted by Gasteiger charge is 2.11. The van der Waals surface area contributed by atoms with E-state index in [4.69, 9.17) is 11.2 Å². The predicted molar refractivity (Wildman–Crippen MR) is 95.8 cm³/mol. The largest absolute Gasteiger partial charge is 0.481 e. The van der Waals surface area contributed by atoms with Crippen molar-refractivity contribution in [2.45, 2.75) is 32.2 Å². The number of rotatable bonds is 7. The number of ether oxygens (including phenoxy) is 1. The fourth-order valence-corrected chi connectivity index (χ4v) is 2.42. The Morgan fingerprint density at radius 2 is 2.04 bits per heavy atom. The van der Waals surface area contributed by atoms with Crippen LogP contribution >= 0.6 is 0 Å². The van der Waals surface area contributed by atoms with Crippen molar-refractivity contribution < 1.29 is 4.74 Å². The van der Waals surface area contributed by atoms with Gasteiger partial charge in [-0.05, 0) is 43.9 Å².